The Bertz CT molecular complexity index is 132. The van der Waals surface area contributed by atoms with Crippen LogP contribution in [0.3, 0.4) is 0 Å². The number of hydrogen-bond acceptors (Lipinski definition) is 1. The van der Waals surface area contributed by atoms with E-state index in [0.29, 0.717) is 6.10 Å². The Kier molecular flexibility index (Phi) is 8.88. The van der Waals surface area contributed by atoms with Gasteiger partial charge in [-0.15, -0.1) is 0 Å². The number of hydrogen-bond donors (Lipinski definition) is 0. The lowest BCUT2D eigenvalue weighted by Crippen LogP contribution is -2.13. The fourth-order valence-electron chi connectivity index (χ4n) is 2.58. The van der Waals surface area contributed by atoms with Crippen LogP contribution in [-0.4, -0.2) is 12.7 Å². The summed E-state index contributed by atoms with van der Waals surface area (Å²) in [6, 6.07) is 0. The molecule has 0 N–H and O–H groups in total. The third-order valence-corrected chi connectivity index (χ3v) is 3.61. The molecule has 1 aliphatic rings. The van der Waals surface area contributed by atoms with Gasteiger partial charge in [0, 0.05) is 6.61 Å². The predicted octanol–water partition coefficient (Wildman–Crippen LogP) is 5.09. The smallest absolute Gasteiger partial charge is 0.0575 e. The molecule has 0 saturated heterocycles. The van der Waals surface area contributed by atoms with E-state index in [-0.39, 0.29) is 0 Å². The molecule has 0 atom stereocenters. The maximum atomic E-state index is 5.94. The van der Waals surface area contributed by atoms with Crippen molar-refractivity contribution in [2.75, 3.05) is 6.61 Å². The SMILES string of the molecule is CCCOC1CCCCCCCCCCC1. The normalized spacial score (nSPS) is 22.3. The van der Waals surface area contributed by atoms with E-state index in [2.05, 4.69) is 6.92 Å². The molecule has 0 aromatic heterocycles. The van der Waals surface area contributed by atoms with Gasteiger partial charge in [-0.05, 0) is 19.3 Å². The van der Waals surface area contributed by atoms with Crippen LogP contribution in [0.1, 0.15) is 84.0 Å². The predicted molar refractivity (Wildman–Crippen MR) is 70.8 cm³/mol. The van der Waals surface area contributed by atoms with Crippen LogP contribution in [0.5, 0.6) is 0 Å². The van der Waals surface area contributed by atoms with E-state index < -0.39 is 0 Å². The monoisotopic (exact) mass is 226 g/mol. The zero-order valence-electron chi connectivity index (χ0n) is 11.2. The van der Waals surface area contributed by atoms with Crippen molar-refractivity contribution in [2.45, 2.75) is 90.1 Å². The molecule has 0 aromatic rings. The lowest BCUT2D eigenvalue weighted by atomic mass is 9.99. The minimum absolute atomic E-state index is 0.569. The van der Waals surface area contributed by atoms with Crippen LogP contribution < -0.4 is 0 Å². The molecular weight excluding hydrogens is 196 g/mol. The second-order valence-corrected chi connectivity index (χ2v) is 5.25. The van der Waals surface area contributed by atoms with Gasteiger partial charge in [-0.3, -0.25) is 0 Å². The number of rotatable bonds is 3. The standard InChI is InChI=1S/C15H30O/c1-2-14-16-15-12-10-8-6-4-3-5-7-9-11-13-15/h15H,2-14H2,1H3. The maximum absolute atomic E-state index is 5.94. The second kappa shape index (κ2) is 10.1. The fraction of sp³-hybridized carbons (Fsp3) is 1.00. The van der Waals surface area contributed by atoms with Crippen LogP contribution in [0.2, 0.25) is 0 Å². The average molecular weight is 226 g/mol. The van der Waals surface area contributed by atoms with Gasteiger partial charge in [0.2, 0.25) is 0 Å². The minimum atomic E-state index is 0.569. The molecule has 96 valence electrons. The van der Waals surface area contributed by atoms with Crippen LogP contribution in [-0.2, 0) is 4.74 Å². The van der Waals surface area contributed by atoms with Gasteiger partial charge in [0.25, 0.3) is 0 Å². The van der Waals surface area contributed by atoms with Crippen molar-refractivity contribution in [1.82, 2.24) is 0 Å². The Morgan fingerprint density at radius 2 is 1.19 bits per heavy atom. The molecule has 0 spiro atoms. The van der Waals surface area contributed by atoms with Gasteiger partial charge in [-0.1, -0.05) is 64.7 Å². The van der Waals surface area contributed by atoms with Gasteiger partial charge in [-0.2, -0.15) is 0 Å². The van der Waals surface area contributed by atoms with Crippen molar-refractivity contribution in [3.05, 3.63) is 0 Å². The van der Waals surface area contributed by atoms with E-state index in [1.807, 2.05) is 0 Å². The molecule has 0 amide bonds. The molecule has 1 nitrogen and oxygen atoms in total. The topological polar surface area (TPSA) is 9.23 Å². The van der Waals surface area contributed by atoms with Crippen LogP contribution in [0.25, 0.3) is 0 Å². The molecule has 0 bridgehead atoms. The zero-order valence-corrected chi connectivity index (χ0v) is 11.2. The first kappa shape index (κ1) is 14.0. The molecule has 0 unspecified atom stereocenters. The van der Waals surface area contributed by atoms with E-state index >= 15 is 0 Å². The minimum Gasteiger partial charge on any atom is -0.378 e. The molecule has 0 aliphatic heterocycles. The summed E-state index contributed by atoms with van der Waals surface area (Å²) in [6.45, 7) is 3.17. The average Bonchev–Trinajstić information content (AvgIpc) is 2.28. The summed E-state index contributed by atoms with van der Waals surface area (Å²) in [5.41, 5.74) is 0. The Labute approximate surface area is 102 Å². The van der Waals surface area contributed by atoms with Crippen molar-refractivity contribution in [1.29, 1.82) is 0 Å². The summed E-state index contributed by atoms with van der Waals surface area (Å²) in [5, 5.41) is 0. The van der Waals surface area contributed by atoms with Gasteiger partial charge < -0.3 is 4.74 Å². The fourth-order valence-corrected chi connectivity index (χ4v) is 2.58. The Balaban J connectivity index is 2.19. The van der Waals surface area contributed by atoms with E-state index in [9.17, 15) is 0 Å². The molecular formula is C15H30O. The van der Waals surface area contributed by atoms with Crippen molar-refractivity contribution < 1.29 is 4.74 Å². The van der Waals surface area contributed by atoms with Gasteiger partial charge in [0.05, 0.1) is 6.10 Å². The first-order valence-electron chi connectivity index (χ1n) is 7.55. The summed E-state index contributed by atoms with van der Waals surface area (Å²) < 4.78 is 5.94. The first-order chi connectivity index (χ1) is 7.93. The third-order valence-electron chi connectivity index (χ3n) is 3.61. The van der Waals surface area contributed by atoms with Crippen LogP contribution in [0.4, 0.5) is 0 Å². The van der Waals surface area contributed by atoms with Crippen LogP contribution in [0.15, 0.2) is 0 Å². The Morgan fingerprint density at radius 1 is 0.750 bits per heavy atom. The highest BCUT2D eigenvalue weighted by atomic mass is 16.5. The Hall–Kier alpha value is -0.0400. The molecule has 16 heavy (non-hydrogen) atoms. The zero-order chi connectivity index (χ0) is 11.5. The van der Waals surface area contributed by atoms with Gasteiger partial charge in [0.1, 0.15) is 0 Å². The lowest BCUT2D eigenvalue weighted by molar-refractivity contribution is 0.0383. The summed E-state index contributed by atoms with van der Waals surface area (Å²) in [5.74, 6) is 0. The van der Waals surface area contributed by atoms with E-state index in [1.54, 1.807) is 0 Å². The first-order valence-corrected chi connectivity index (χ1v) is 7.55. The van der Waals surface area contributed by atoms with Crippen molar-refractivity contribution in [3.8, 4) is 0 Å². The summed E-state index contributed by atoms with van der Waals surface area (Å²) in [6.07, 6.45) is 17.2. The second-order valence-electron chi connectivity index (χ2n) is 5.25. The van der Waals surface area contributed by atoms with Gasteiger partial charge >= 0.3 is 0 Å². The van der Waals surface area contributed by atoms with Gasteiger partial charge in [-0.25, -0.2) is 0 Å². The van der Waals surface area contributed by atoms with Gasteiger partial charge in [0.15, 0.2) is 0 Å². The van der Waals surface area contributed by atoms with Crippen molar-refractivity contribution in [3.63, 3.8) is 0 Å². The molecule has 1 heteroatoms. The summed E-state index contributed by atoms with van der Waals surface area (Å²) >= 11 is 0. The molecule has 1 aliphatic carbocycles. The lowest BCUT2D eigenvalue weighted by Gasteiger charge is -2.18. The summed E-state index contributed by atoms with van der Waals surface area (Å²) in [7, 11) is 0. The van der Waals surface area contributed by atoms with Crippen molar-refractivity contribution in [2.24, 2.45) is 0 Å². The molecule has 0 radical (unpaired) electrons. The van der Waals surface area contributed by atoms with E-state index in [4.69, 9.17) is 4.74 Å². The highest BCUT2D eigenvalue weighted by Gasteiger charge is 2.09. The van der Waals surface area contributed by atoms with E-state index in [1.165, 1.54) is 70.6 Å². The molecule has 0 aromatic carbocycles. The maximum Gasteiger partial charge on any atom is 0.0575 e. The van der Waals surface area contributed by atoms with Crippen molar-refractivity contribution >= 4 is 0 Å². The summed E-state index contributed by atoms with van der Waals surface area (Å²) in [4.78, 5) is 0. The molecule has 0 heterocycles. The highest BCUT2D eigenvalue weighted by molar-refractivity contribution is 4.61. The quantitative estimate of drug-likeness (QED) is 0.651. The Morgan fingerprint density at radius 3 is 1.62 bits per heavy atom. The molecule has 1 saturated carbocycles. The molecule has 1 rings (SSSR count). The van der Waals surface area contributed by atoms with Crippen LogP contribution >= 0.6 is 0 Å². The third kappa shape index (κ3) is 7.27. The van der Waals surface area contributed by atoms with E-state index in [0.717, 1.165) is 13.0 Å². The number of ether oxygens (including phenoxy) is 1. The largest absolute Gasteiger partial charge is 0.378 e. The highest BCUT2D eigenvalue weighted by Crippen LogP contribution is 2.18. The van der Waals surface area contributed by atoms with Crippen LogP contribution in [0, 0.1) is 0 Å². The molecule has 1 fully saturated rings.